The summed E-state index contributed by atoms with van der Waals surface area (Å²) in [7, 11) is 0. The van der Waals surface area contributed by atoms with Crippen molar-refractivity contribution in [2.75, 3.05) is 11.9 Å². The maximum Gasteiger partial charge on any atom is 0.326 e. The Morgan fingerprint density at radius 2 is 1.90 bits per heavy atom. The van der Waals surface area contributed by atoms with Gasteiger partial charge in [-0.25, -0.2) is 9.59 Å². The molecule has 0 heterocycles. The predicted molar refractivity (Wildman–Crippen MR) is 71.2 cm³/mol. The second kappa shape index (κ2) is 7.48. The van der Waals surface area contributed by atoms with E-state index in [-0.39, 0.29) is 29.8 Å². The van der Waals surface area contributed by atoms with Gasteiger partial charge in [-0.05, 0) is 18.2 Å². The molecule has 0 fully saturated rings. The van der Waals surface area contributed by atoms with E-state index in [2.05, 4.69) is 10.6 Å². The Balaban J connectivity index is 2.78. The number of anilines is 1. The molecule has 2 amide bonds. The highest BCUT2D eigenvalue weighted by atomic mass is 16.4. The van der Waals surface area contributed by atoms with E-state index in [9.17, 15) is 9.59 Å². The molecule has 1 rings (SSSR count). The molecule has 108 valence electrons. The van der Waals surface area contributed by atoms with E-state index in [1.165, 1.54) is 18.2 Å². The number of benzene rings is 1. The molecule has 21 heavy (non-hydrogen) atoms. The van der Waals surface area contributed by atoms with Gasteiger partial charge in [-0.1, -0.05) is 0 Å². The summed E-state index contributed by atoms with van der Waals surface area (Å²) in [5.41, 5.74) is 0.517. The lowest BCUT2D eigenvalue weighted by molar-refractivity contribution is -0.139. The van der Waals surface area contributed by atoms with Gasteiger partial charge in [0.2, 0.25) is 0 Å². The van der Waals surface area contributed by atoms with Crippen LogP contribution in [0.15, 0.2) is 18.2 Å². The first-order valence-corrected chi connectivity index (χ1v) is 5.87. The predicted octanol–water partition coefficient (Wildman–Crippen LogP) is 0.387. The maximum absolute atomic E-state index is 11.6. The lowest BCUT2D eigenvalue weighted by Crippen LogP contribution is -2.43. The fraction of sp³-hybridized carbons (Fsp3) is 0.231. The van der Waals surface area contributed by atoms with E-state index in [1.807, 2.05) is 12.1 Å². The lowest BCUT2D eigenvalue weighted by Gasteiger charge is -2.14. The van der Waals surface area contributed by atoms with Gasteiger partial charge < -0.3 is 20.8 Å². The van der Waals surface area contributed by atoms with Crippen LogP contribution in [0.5, 0.6) is 0 Å². The quantitative estimate of drug-likeness (QED) is 0.616. The summed E-state index contributed by atoms with van der Waals surface area (Å²) >= 11 is 0. The average molecular weight is 288 g/mol. The third kappa shape index (κ3) is 4.49. The molecule has 0 saturated heterocycles. The molecule has 4 N–H and O–H groups in total. The molecule has 1 aromatic rings. The number of carbonyl (C=O) groups excluding carboxylic acids is 1. The zero-order valence-electron chi connectivity index (χ0n) is 10.8. The van der Waals surface area contributed by atoms with Crippen molar-refractivity contribution >= 4 is 17.7 Å². The molecule has 0 aliphatic heterocycles. The number of aliphatic carboxylic acids is 1. The Morgan fingerprint density at radius 3 is 2.43 bits per heavy atom. The number of rotatable bonds is 5. The van der Waals surface area contributed by atoms with E-state index in [0.717, 1.165) is 0 Å². The number of hydrogen-bond donors (Lipinski definition) is 4. The number of nitrogens with one attached hydrogen (secondary N) is 2. The van der Waals surface area contributed by atoms with Gasteiger partial charge >= 0.3 is 12.0 Å². The zero-order chi connectivity index (χ0) is 15.8. The van der Waals surface area contributed by atoms with Gasteiger partial charge in [0.25, 0.3) is 0 Å². The Hall–Kier alpha value is -3.10. The van der Waals surface area contributed by atoms with Gasteiger partial charge in [0, 0.05) is 18.7 Å². The zero-order valence-corrected chi connectivity index (χ0v) is 10.8. The summed E-state index contributed by atoms with van der Waals surface area (Å²) in [4.78, 5) is 22.5. The number of aliphatic hydroxyl groups is 1. The molecule has 1 atom stereocenters. The number of carbonyl (C=O) groups is 2. The molecule has 0 saturated carbocycles. The second-order valence-corrected chi connectivity index (χ2v) is 3.99. The summed E-state index contributed by atoms with van der Waals surface area (Å²) in [6.07, 6.45) is -0.125. The molecule has 8 heteroatoms. The highest BCUT2D eigenvalue weighted by molar-refractivity contribution is 5.92. The van der Waals surface area contributed by atoms with Crippen molar-refractivity contribution in [2.45, 2.75) is 12.5 Å². The summed E-state index contributed by atoms with van der Waals surface area (Å²) in [6.45, 7) is -0.382. The minimum atomic E-state index is -1.27. The van der Waals surface area contributed by atoms with Crippen LogP contribution < -0.4 is 10.6 Å². The summed E-state index contributed by atoms with van der Waals surface area (Å²) in [5.74, 6) is -1.27. The Morgan fingerprint density at radius 1 is 1.24 bits per heavy atom. The molecule has 1 unspecified atom stereocenters. The van der Waals surface area contributed by atoms with Gasteiger partial charge in [0.05, 0.1) is 11.1 Å². The van der Waals surface area contributed by atoms with Gasteiger partial charge in [-0.2, -0.15) is 10.5 Å². The molecule has 0 spiro atoms. The Bertz CT molecular complexity index is 630. The van der Waals surface area contributed by atoms with Crippen molar-refractivity contribution in [3.63, 3.8) is 0 Å². The third-order valence-electron chi connectivity index (χ3n) is 2.54. The maximum atomic E-state index is 11.6. The van der Waals surface area contributed by atoms with E-state index >= 15 is 0 Å². The highest BCUT2D eigenvalue weighted by Gasteiger charge is 2.19. The number of aliphatic hydroxyl groups excluding tert-OH is 1. The normalized spacial score (nSPS) is 10.8. The van der Waals surface area contributed by atoms with Gasteiger partial charge in [-0.3, -0.25) is 0 Å². The SMILES string of the molecule is N#Cc1ccc(NC(=O)NC(CCO)C(=O)O)cc1C#N. The Labute approximate surface area is 120 Å². The smallest absolute Gasteiger partial charge is 0.326 e. The van der Waals surface area contributed by atoms with Crippen molar-refractivity contribution in [1.82, 2.24) is 5.32 Å². The molecular formula is C13H12N4O4. The monoisotopic (exact) mass is 288 g/mol. The molecule has 0 aliphatic carbocycles. The fourth-order valence-electron chi connectivity index (χ4n) is 1.52. The van der Waals surface area contributed by atoms with Crippen LogP contribution in [-0.4, -0.2) is 34.9 Å². The van der Waals surface area contributed by atoms with Crippen LogP contribution in [0, 0.1) is 22.7 Å². The third-order valence-corrected chi connectivity index (χ3v) is 2.54. The number of amides is 2. The molecule has 1 aromatic carbocycles. The van der Waals surface area contributed by atoms with Crippen LogP contribution in [0.25, 0.3) is 0 Å². The van der Waals surface area contributed by atoms with Crippen molar-refractivity contribution in [1.29, 1.82) is 10.5 Å². The molecule has 0 radical (unpaired) electrons. The van der Waals surface area contributed by atoms with E-state index in [1.54, 1.807) is 0 Å². The van der Waals surface area contributed by atoms with Crippen LogP contribution in [0.4, 0.5) is 10.5 Å². The Kier molecular flexibility index (Phi) is 5.68. The van der Waals surface area contributed by atoms with Crippen LogP contribution in [0.2, 0.25) is 0 Å². The largest absolute Gasteiger partial charge is 0.480 e. The molecular weight excluding hydrogens is 276 g/mol. The second-order valence-electron chi connectivity index (χ2n) is 3.99. The fourth-order valence-corrected chi connectivity index (χ4v) is 1.52. The first-order chi connectivity index (χ1) is 10.0. The minimum Gasteiger partial charge on any atom is -0.480 e. The lowest BCUT2D eigenvalue weighted by atomic mass is 10.1. The summed E-state index contributed by atoms with van der Waals surface area (Å²) in [6, 6.07) is 5.74. The van der Waals surface area contributed by atoms with Crippen LogP contribution >= 0.6 is 0 Å². The van der Waals surface area contributed by atoms with Gasteiger partial charge in [0.15, 0.2) is 0 Å². The van der Waals surface area contributed by atoms with E-state index in [0.29, 0.717) is 0 Å². The summed E-state index contributed by atoms with van der Waals surface area (Å²) < 4.78 is 0. The summed E-state index contributed by atoms with van der Waals surface area (Å²) in [5, 5.41) is 39.7. The number of nitrogens with zero attached hydrogens (tertiary/aromatic N) is 2. The van der Waals surface area contributed by atoms with Crippen LogP contribution in [0.3, 0.4) is 0 Å². The average Bonchev–Trinajstić information content (AvgIpc) is 2.46. The van der Waals surface area contributed by atoms with Gasteiger partial charge in [-0.15, -0.1) is 0 Å². The van der Waals surface area contributed by atoms with Crippen molar-refractivity contribution in [3.05, 3.63) is 29.3 Å². The van der Waals surface area contributed by atoms with E-state index in [4.69, 9.17) is 20.7 Å². The van der Waals surface area contributed by atoms with Crippen LogP contribution in [-0.2, 0) is 4.79 Å². The molecule has 0 bridgehead atoms. The van der Waals surface area contributed by atoms with Crippen molar-refractivity contribution in [3.8, 4) is 12.1 Å². The molecule has 8 nitrogen and oxygen atoms in total. The molecule has 0 aromatic heterocycles. The van der Waals surface area contributed by atoms with Gasteiger partial charge in [0.1, 0.15) is 18.2 Å². The number of urea groups is 1. The topological polar surface area (TPSA) is 146 Å². The van der Waals surface area contributed by atoms with E-state index < -0.39 is 18.0 Å². The van der Waals surface area contributed by atoms with Crippen molar-refractivity contribution < 1.29 is 19.8 Å². The molecule has 0 aliphatic rings. The number of hydrogen-bond acceptors (Lipinski definition) is 5. The van der Waals surface area contributed by atoms with Crippen molar-refractivity contribution in [2.24, 2.45) is 0 Å². The minimum absolute atomic E-state index is 0.0976. The number of carboxylic acid groups (broad SMARTS) is 1. The number of carboxylic acids is 1. The first-order valence-electron chi connectivity index (χ1n) is 5.87. The number of nitriles is 2. The first kappa shape index (κ1) is 16.0. The van der Waals surface area contributed by atoms with Crippen LogP contribution in [0.1, 0.15) is 17.5 Å². The highest BCUT2D eigenvalue weighted by Crippen LogP contribution is 2.14. The standard InChI is InChI=1S/C13H12N4O4/c14-6-8-1-2-10(5-9(8)7-15)16-13(21)17-11(3-4-18)12(19)20/h1-2,5,11,18H,3-4H2,(H,19,20)(H2,16,17,21).